The summed E-state index contributed by atoms with van der Waals surface area (Å²) in [5.74, 6) is 0. The number of methoxy groups -OCH3 is 1. The Kier molecular flexibility index (Phi) is 5.07. The summed E-state index contributed by atoms with van der Waals surface area (Å²) in [5.41, 5.74) is 3.56. The van der Waals surface area contributed by atoms with Crippen molar-refractivity contribution in [1.29, 1.82) is 0 Å². The van der Waals surface area contributed by atoms with E-state index >= 15 is 0 Å². The second-order valence-electron chi connectivity index (χ2n) is 4.56. The molecule has 0 saturated carbocycles. The molecular formula is C16H20N2O. The van der Waals surface area contributed by atoms with E-state index in [9.17, 15) is 0 Å². The number of ether oxygens (including phenoxy) is 1. The van der Waals surface area contributed by atoms with Gasteiger partial charge in [-0.1, -0.05) is 30.3 Å². The van der Waals surface area contributed by atoms with Crippen LogP contribution in [0.5, 0.6) is 0 Å². The van der Waals surface area contributed by atoms with E-state index in [2.05, 4.69) is 35.4 Å². The molecule has 1 atom stereocenters. The van der Waals surface area contributed by atoms with Gasteiger partial charge >= 0.3 is 0 Å². The zero-order chi connectivity index (χ0) is 13.5. The second-order valence-corrected chi connectivity index (χ2v) is 4.56. The van der Waals surface area contributed by atoms with Crippen molar-refractivity contribution in [1.82, 2.24) is 10.3 Å². The zero-order valence-electron chi connectivity index (χ0n) is 11.5. The lowest BCUT2D eigenvalue weighted by molar-refractivity contribution is 0.184. The van der Waals surface area contributed by atoms with Crippen LogP contribution in [0.25, 0.3) is 0 Å². The van der Waals surface area contributed by atoms with E-state index in [-0.39, 0.29) is 6.04 Å². The van der Waals surface area contributed by atoms with E-state index in [4.69, 9.17) is 4.74 Å². The molecule has 1 aromatic heterocycles. The minimum atomic E-state index is 0.233. The quantitative estimate of drug-likeness (QED) is 0.862. The van der Waals surface area contributed by atoms with Gasteiger partial charge in [-0.25, -0.2) is 0 Å². The van der Waals surface area contributed by atoms with E-state index in [1.54, 1.807) is 7.11 Å². The van der Waals surface area contributed by atoms with Crippen LogP contribution in [-0.2, 0) is 17.9 Å². The van der Waals surface area contributed by atoms with Crippen LogP contribution in [0.2, 0.25) is 0 Å². The maximum atomic E-state index is 5.22. The first-order chi connectivity index (χ1) is 9.31. The summed E-state index contributed by atoms with van der Waals surface area (Å²) in [5, 5.41) is 3.50. The summed E-state index contributed by atoms with van der Waals surface area (Å²) in [6.07, 6.45) is 1.83. The number of nitrogens with zero attached hydrogens (tertiary/aromatic N) is 1. The van der Waals surface area contributed by atoms with Gasteiger partial charge in [-0.15, -0.1) is 0 Å². The molecule has 19 heavy (non-hydrogen) atoms. The van der Waals surface area contributed by atoms with E-state index < -0.39 is 0 Å². The van der Waals surface area contributed by atoms with Gasteiger partial charge < -0.3 is 10.1 Å². The topological polar surface area (TPSA) is 34.1 Å². The van der Waals surface area contributed by atoms with Gasteiger partial charge in [-0.3, -0.25) is 4.98 Å². The highest BCUT2D eigenvalue weighted by Crippen LogP contribution is 2.13. The summed E-state index contributed by atoms with van der Waals surface area (Å²) in [4.78, 5) is 4.36. The predicted octanol–water partition coefficient (Wildman–Crippen LogP) is 3.08. The Hall–Kier alpha value is -1.71. The van der Waals surface area contributed by atoms with Gasteiger partial charge in [0.1, 0.15) is 0 Å². The Bertz CT molecular complexity index is 499. The molecule has 3 nitrogen and oxygen atoms in total. The van der Waals surface area contributed by atoms with Gasteiger partial charge in [0.2, 0.25) is 0 Å². The molecule has 0 aliphatic rings. The molecule has 0 bridgehead atoms. The Labute approximate surface area is 114 Å². The van der Waals surface area contributed by atoms with Crippen molar-refractivity contribution in [3.05, 3.63) is 65.5 Å². The van der Waals surface area contributed by atoms with Gasteiger partial charge in [0.25, 0.3) is 0 Å². The van der Waals surface area contributed by atoms with Gasteiger partial charge in [0.05, 0.1) is 12.3 Å². The van der Waals surface area contributed by atoms with E-state index in [0.29, 0.717) is 6.61 Å². The molecule has 0 aliphatic heterocycles. The Balaban J connectivity index is 1.99. The number of aromatic nitrogens is 1. The van der Waals surface area contributed by atoms with Crippen LogP contribution < -0.4 is 5.32 Å². The van der Waals surface area contributed by atoms with Crippen LogP contribution in [-0.4, -0.2) is 12.1 Å². The molecule has 2 rings (SSSR count). The smallest absolute Gasteiger partial charge is 0.0716 e. The Morgan fingerprint density at radius 2 is 1.84 bits per heavy atom. The summed E-state index contributed by atoms with van der Waals surface area (Å²) in [7, 11) is 1.72. The highest BCUT2D eigenvalue weighted by molar-refractivity contribution is 5.26. The van der Waals surface area contributed by atoms with Crippen molar-refractivity contribution in [2.24, 2.45) is 0 Å². The molecule has 1 heterocycles. The van der Waals surface area contributed by atoms with Crippen molar-refractivity contribution in [3.8, 4) is 0 Å². The summed E-state index contributed by atoms with van der Waals surface area (Å²) in [6, 6.07) is 14.6. The van der Waals surface area contributed by atoms with Gasteiger partial charge in [-0.2, -0.15) is 0 Å². The fourth-order valence-corrected chi connectivity index (χ4v) is 2.03. The third kappa shape index (κ3) is 3.88. The van der Waals surface area contributed by atoms with Crippen LogP contribution in [0.1, 0.15) is 29.8 Å². The number of nitrogens with one attached hydrogen (secondary N) is 1. The van der Waals surface area contributed by atoms with E-state index in [1.807, 2.05) is 30.5 Å². The van der Waals surface area contributed by atoms with Gasteiger partial charge in [-0.05, 0) is 30.2 Å². The van der Waals surface area contributed by atoms with Crippen molar-refractivity contribution in [3.63, 3.8) is 0 Å². The SMILES string of the molecule is COCc1ccccc1CN[C@H](C)c1ccccn1. The largest absolute Gasteiger partial charge is 0.380 e. The fraction of sp³-hybridized carbons (Fsp3) is 0.312. The molecule has 0 amide bonds. The molecule has 0 aliphatic carbocycles. The maximum absolute atomic E-state index is 5.22. The maximum Gasteiger partial charge on any atom is 0.0716 e. The third-order valence-corrected chi connectivity index (χ3v) is 3.15. The normalized spacial score (nSPS) is 12.3. The summed E-state index contributed by atoms with van der Waals surface area (Å²) in [6.45, 7) is 3.59. The lowest BCUT2D eigenvalue weighted by Gasteiger charge is -2.15. The molecule has 0 fully saturated rings. The molecule has 0 saturated heterocycles. The first-order valence-electron chi connectivity index (χ1n) is 6.51. The lowest BCUT2D eigenvalue weighted by Crippen LogP contribution is -2.19. The lowest BCUT2D eigenvalue weighted by atomic mass is 10.1. The molecule has 0 spiro atoms. The fourth-order valence-electron chi connectivity index (χ4n) is 2.03. The molecule has 1 aromatic carbocycles. The molecule has 3 heteroatoms. The number of hydrogen-bond acceptors (Lipinski definition) is 3. The second kappa shape index (κ2) is 7.02. The monoisotopic (exact) mass is 256 g/mol. The zero-order valence-corrected chi connectivity index (χ0v) is 11.5. The first-order valence-corrected chi connectivity index (χ1v) is 6.51. The van der Waals surface area contributed by atoms with Crippen molar-refractivity contribution in [2.75, 3.05) is 7.11 Å². The van der Waals surface area contributed by atoms with Crippen LogP contribution in [0.3, 0.4) is 0 Å². The van der Waals surface area contributed by atoms with Gasteiger partial charge in [0.15, 0.2) is 0 Å². The number of hydrogen-bond donors (Lipinski definition) is 1. The molecule has 0 radical (unpaired) electrons. The van der Waals surface area contributed by atoms with E-state index in [0.717, 1.165) is 12.2 Å². The van der Waals surface area contributed by atoms with Crippen LogP contribution in [0.15, 0.2) is 48.7 Å². The third-order valence-electron chi connectivity index (χ3n) is 3.15. The standard InChI is InChI=1S/C16H20N2O/c1-13(16-9-5-6-10-17-16)18-11-14-7-3-4-8-15(14)12-19-2/h3-10,13,18H,11-12H2,1-2H3/t13-/m1/s1. The minimum Gasteiger partial charge on any atom is -0.380 e. The van der Waals surface area contributed by atoms with Crippen LogP contribution >= 0.6 is 0 Å². The first kappa shape index (κ1) is 13.7. The summed E-state index contributed by atoms with van der Waals surface area (Å²) < 4.78 is 5.22. The molecular weight excluding hydrogens is 236 g/mol. The van der Waals surface area contributed by atoms with E-state index in [1.165, 1.54) is 11.1 Å². The molecule has 100 valence electrons. The van der Waals surface area contributed by atoms with Crippen LogP contribution in [0, 0.1) is 0 Å². The number of pyridine rings is 1. The Morgan fingerprint density at radius 1 is 1.11 bits per heavy atom. The number of rotatable bonds is 6. The average molecular weight is 256 g/mol. The minimum absolute atomic E-state index is 0.233. The van der Waals surface area contributed by atoms with Crippen molar-refractivity contribution in [2.45, 2.75) is 26.1 Å². The highest BCUT2D eigenvalue weighted by atomic mass is 16.5. The molecule has 2 aromatic rings. The predicted molar refractivity (Wildman–Crippen MR) is 76.6 cm³/mol. The van der Waals surface area contributed by atoms with Crippen molar-refractivity contribution >= 4 is 0 Å². The molecule has 0 unspecified atom stereocenters. The average Bonchev–Trinajstić information content (AvgIpc) is 2.47. The van der Waals surface area contributed by atoms with Gasteiger partial charge in [0, 0.05) is 25.9 Å². The summed E-state index contributed by atoms with van der Waals surface area (Å²) >= 11 is 0. The highest BCUT2D eigenvalue weighted by Gasteiger charge is 2.07. The molecule has 1 N–H and O–H groups in total. The Morgan fingerprint density at radius 3 is 2.53 bits per heavy atom. The van der Waals surface area contributed by atoms with Crippen LogP contribution in [0.4, 0.5) is 0 Å². The number of benzene rings is 1. The van der Waals surface area contributed by atoms with Crippen molar-refractivity contribution < 1.29 is 4.74 Å².